The maximum absolute atomic E-state index is 13.6. The fourth-order valence-corrected chi connectivity index (χ4v) is 3.41. The molecule has 0 atom stereocenters. The van der Waals surface area contributed by atoms with E-state index in [0.29, 0.717) is 17.5 Å². The zero-order valence-corrected chi connectivity index (χ0v) is 13.3. The molecule has 0 saturated carbocycles. The first-order valence-corrected chi connectivity index (χ1v) is 8.30. The first-order chi connectivity index (χ1) is 10.4. The standard InChI is InChI=1S/C16H18FNO3S/c1-12-5-3-4-6-16(12)22(19,20)18-10-9-13-7-8-15(21-2)14(17)11-13/h3-8,11,18H,9-10H2,1-2H3. The van der Waals surface area contributed by atoms with Crippen LogP contribution in [0.3, 0.4) is 0 Å². The topological polar surface area (TPSA) is 55.4 Å². The van der Waals surface area contributed by atoms with E-state index < -0.39 is 15.8 Å². The van der Waals surface area contributed by atoms with Gasteiger partial charge >= 0.3 is 0 Å². The van der Waals surface area contributed by atoms with Crippen molar-refractivity contribution in [3.05, 3.63) is 59.4 Å². The number of sulfonamides is 1. The predicted octanol–water partition coefficient (Wildman–Crippen LogP) is 2.66. The fraction of sp³-hybridized carbons (Fsp3) is 0.250. The van der Waals surface area contributed by atoms with Crippen molar-refractivity contribution in [2.75, 3.05) is 13.7 Å². The third kappa shape index (κ3) is 3.84. The molecule has 0 unspecified atom stereocenters. The molecule has 2 rings (SSSR count). The lowest BCUT2D eigenvalue weighted by Crippen LogP contribution is -2.26. The highest BCUT2D eigenvalue weighted by Gasteiger charge is 2.15. The molecule has 0 amide bonds. The van der Waals surface area contributed by atoms with Crippen molar-refractivity contribution in [2.45, 2.75) is 18.2 Å². The Morgan fingerprint density at radius 1 is 1.18 bits per heavy atom. The van der Waals surface area contributed by atoms with E-state index in [9.17, 15) is 12.8 Å². The van der Waals surface area contributed by atoms with Crippen molar-refractivity contribution in [1.82, 2.24) is 4.72 Å². The summed E-state index contributed by atoms with van der Waals surface area (Å²) in [7, 11) is -2.16. The van der Waals surface area contributed by atoms with Gasteiger partial charge in [-0.25, -0.2) is 17.5 Å². The van der Waals surface area contributed by atoms with Crippen LogP contribution in [0.5, 0.6) is 5.75 Å². The van der Waals surface area contributed by atoms with Gasteiger partial charge in [0.15, 0.2) is 11.6 Å². The average molecular weight is 323 g/mol. The summed E-state index contributed by atoms with van der Waals surface area (Å²) in [5.74, 6) is -0.286. The van der Waals surface area contributed by atoms with Gasteiger partial charge in [0.2, 0.25) is 10.0 Å². The SMILES string of the molecule is COc1ccc(CCNS(=O)(=O)c2ccccc2C)cc1F. The number of methoxy groups -OCH3 is 1. The van der Waals surface area contributed by atoms with Gasteiger partial charge in [0, 0.05) is 6.54 Å². The number of hydrogen-bond donors (Lipinski definition) is 1. The predicted molar refractivity (Wildman–Crippen MR) is 83.0 cm³/mol. The molecule has 0 aromatic heterocycles. The number of halogens is 1. The molecule has 0 aliphatic heterocycles. The molecule has 4 nitrogen and oxygen atoms in total. The van der Waals surface area contributed by atoms with Gasteiger partial charge in [-0.3, -0.25) is 0 Å². The van der Waals surface area contributed by atoms with Gasteiger partial charge in [-0.1, -0.05) is 24.3 Å². The van der Waals surface area contributed by atoms with Crippen molar-refractivity contribution in [3.8, 4) is 5.75 Å². The smallest absolute Gasteiger partial charge is 0.240 e. The molecule has 1 N–H and O–H groups in total. The van der Waals surface area contributed by atoms with Gasteiger partial charge in [-0.05, 0) is 42.7 Å². The summed E-state index contributed by atoms with van der Waals surface area (Å²) >= 11 is 0. The molecule has 0 aliphatic rings. The van der Waals surface area contributed by atoms with E-state index in [-0.39, 0.29) is 17.2 Å². The number of nitrogens with one attached hydrogen (secondary N) is 1. The molecule has 22 heavy (non-hydrogen) atoms. The molecule has 118 valence electrons. The molecular formula is C16H18FNO3S. The van der Waals surface area contributed by atoms with E-state index in [4.69, 9.17) is 4.74 Å². The first kappa shape index (κ1) is 16.5. The molecule has 0 aliphatic carbocycles. The Morgan fingerprint density at radius 3 is 2.55 bits per heavy atom. The summed E-state index contributed by atoms with van der Waals surface area (Å²) in [6.45, 7) is 1.94. The van der Waals surface area contributed by atoms with Gasteiger partial charge in [0.25, 0.3) is 0 Å². The minimum atomic E-state index is -3.55. The number of rotatable bonds is 6. The molecule has 6 heteroatoms. The van der Waals surface area contributed by atoms with E-state index in [2.05, 4.69) is 4.72 Å². The summed E-state index contributed by atoms with van der Waals surface area (Å²) in [6, 6.07) is 11.4. The molecule has 0 bridgehead atoms. The third-order valence-corrected chi connectivity index (χ3v) is 4.93. The highest BCUT2D eigenvalue weighted by atomic mass is 32.2. The van der Waals surface area contributed by atoms with Crippen LogP contribution in [0.4, 0.5) is 4.39 Å². The highest BCUT2D eigenvalue weighted by Crippen LogP contribution is 2.18. The summed E-state index contributed by atoms with van der Waals surface area (Å²) in [5.41, 5.74) is 1.39. The van der Waals surface area contributed by atoms with Crippen molar-refractivity contribution < 1.29 is 17.5 Å². The molecule has 2 aromatic rings. The Kier molecular flexibility index (Phi) is 5.15. The van der Waals surface area contributed by atoms with Crippen LogP contribution in [0.15, 0.2) is 47.4 Å². The average Bonchev–Trinajstić information content (AvgIpc) is 2.47. The third-order valence-electron chi connectivity index (χ3n) is 3.31. The van der Waals surface area contributed by atoms with Crippen LogP contribution in [0, 0.1) is 12.7 Å². The van der Waals surface area contributed by atoms with Gasteiger partial charge in [0.05, 0.1) is 12.0 Å². The van der Waals surface area contributed by atoms with Gasteiger partial charge in [-0.2, -0.15) is 0 Å². The normalized spacial score (nSPS) is 11.4. The zero-order chi connectivity index (χ0) is 16.2. The molecule has 0 fully saturated rings. The van der Waals surface area contributed by atoms with Crippen molar-refractivity contribution in [2.24, 2.45) is 0 Å². The van der Waals surface area contributed by atoms with Crippen LogP contribution >= 0.6 is 0 Å². The molecule has 0 spiro atoms. The monoisotopic (exact) mass is 323 g/mol. The zero-order valence-electron chi connectivity index (χ0n) is 12.5. The van der Waals surface area contributed by atoms with Crippen molar-refractivity contribution >= 4 is 10.0 Å². The van der Waals surface area contributed by atoms with Crippen LogP contribution in [0.2, 0.25) is 0 Å². The minimum Gasteiger partial charge on any atom is -0.494 e. The first-order valence-electron chi connectivity index (χ1n) is 6.82. The highest BCUT2D eigenvalue weighted by molar-refractivity contribution is 7.89. The number of ether oxygens (including phenoxy) is 1. The van der Waals surface area contributed by atoms with Gasteiger partial charge in [0.1, 0.15) is 0 Å². The number of aryl methyl sites for hydroxylation is 1. The molecule has 0 heterocycles. The molecular weight excluding hydrogens is 305 g/mol. The Morgan fingerprint density at radius 2 is 1.91 bits per heavy atom. The Balaban J connectivity index is 2.02. The van der Waals surface area contributed by atoms with E-state index in [1.165, 1.54) is 19.2 Å². The van der Waals surface area contributed by atoms with Crippen molar-refractivity contribution in [1.29, 1.82) is 0 Å². The Labute approximate surface area is 130 Å². The van der Waals surface area contributed by atoms with Crippen LogP contribution < -0.4 is 9.46 Å². The lowest BCUT2D eigenvalue weighted by molar-refractivity contribution is 0.386. The fourth-order valence-electron chi connectivity index (χ4n) is 2.13. The molecule has 0 saturated heterocycles. The second-order valence-corrected chi connectivity index (χ2v) is 6.62. The van der Waals surface area contributed by atoms with E-state index in [1.807, 2.05) is 0 Å². The quantitative estimate of drug-likeness (QED) is 0.889. The maximum Gasteiger partial charge on any atom is 0.240 e. The van der Waals surface area contributed by atoms with Crippen LogP contribution in [-0.2, 0) is 16.4 Å². The van der Waals surface area contributed by atoms with Crippen LogP contribution in [-0.4, -0.2) is 22.1 Å². The number of hydrogen-bond acceptors (Lipinski definition) is 3. The number of benzene rings is 2. The van der Waals surface area contributed by atoms with E-state index in [0.717, 1.165) is 0 Å². The van der Waals surface area contributed by atoms with Crippen LogP contribution in [0.1, 0.15) is 11.1 Å². The van der Waals surface area contributed by atoms with Crippen LogP contribution in [0.25, 0.3) is 0 Å². The van der Waals surface area contributed by atoms with Gasteiger partial charge < -0.3 is 4.74 Å². The van der Waals surface area contributed by atoms with E-state index >= 15 is 0 Å². The van der Waals surface area contributed by atoms with Gasteiger partial charge in [-0.15, -0.1) is 0 Å². The summed E-state index contributed by atoms with van der Waals surface area (Å²) in [4.78, 5) is 0.260. The molecule has 2 aromatic carbocycles. The largest absolute Gasteiger partial charge is 0.494 e. The molecule has 0 radical (unpaired) electrons. The lowest BCUT2D eigenvalue weighted by Gasteiger charge is -2.09. The Bertz CT molecular complexity index is 760. The maximum atomic E-state index is 13.6. The summed E-state index contributed by atoms with van der Waals surface area (Å²) in [6.07, 6.45) is 0.395. The second kappa shape index (κ2) is 6.89. The van der Waals surface area contributed by atoms with E-state index in [1.54, 1.807) is 37.3 Å². The van der Waals surface area contributed by atoms with Crippen molar-refractivity contribution in [3.63, 3.8) is 0 Å². The summed E-state index contributed by atoms with van der Waals surface area (Å²) in [5, 5.41) is 0. The minimum absolute atomic E-state index is 0.171. The summed E-state index contributed by atoms with van der Waals surface area (Å²) < 4.78 is 45.4. The lowest BCUT2D eigenvalue weighted by atomic mass is 10.1. The second-order valence-electron chi connectivity index (χ2n) is 4.88. The Hall–Kier alpha value is -1.92.